The number of ether oxygens (including phenoxy) is 2. The normalized spacial score (nSPS) is 16.4. The summed E-state index contributed by atoms with van der Waals surface area (Å²) in [5, 5.41) is 3.29. The predicted molar refractivity (Wildman–Crippen MR) is 92.0 cm³/mol. The molecule has 2 rings (SSSR count). The summed E-state index contributed by atoms with van der Waals surface area (Å²) in [5.74, 6) is -0.212. The molecule has 1 saturated carbocycles. The quantitative estimate of drug-likeness (QED) is 0.758. The van der Waals surface area contributed by atoms with Crippen LogP contribution in [0.15, 0.2) is 24.3 Å². The second kappa shape index (κ2) is 7.88. The van der Waals surface area contributed by atoms with Crippen LogP contribution in [0.2, 0.25) is 5.02 Å². The second-order valence-corrected chi connectivity index (χ2v) is 7.17. The number of rotatable bonds is 7. The van der Waals surface area contributed by atoms with E-state index in [1.807, 2.05) is 38.1 Å². The van der Waals surface area contributed by atoms with E-state index in [1.54, 1.807) is 0 Å². The zero-order valence-electron chi connectivity index (χ0n) is 14.3. The molecule has 0 aromatic heterocycles. The van der Waals surface area contributed by atoms with Gasteiger partial charge in [0.25, 0.3) is 0 Å². The number of amides is 1. The maximum atomic E-state index is 12.2. The Labute approximate surface area is 147 Å². The van der Waals surface area contributed by atoms with Crippen molar-refractivity contribution in [1.29, 1.82) is 0 Å². The minimum atomic E-state index is -0.690. The van der Waals surface area contributed by atoms with Crippen LogP contribution < -0.4 is 5.32 Å². The lowest BCUT2D eigenvalue weighted by Crippen LogP contribution is -2.44. The fraction of sp³-hybridized carbons (Fsp3) is 0.556. The Morgan fingerprint density at radius 1 is 1.33 bits per heavy atom. The molecule has 1 atom stereocenters. The summed E-state index contributed by atoms with van der Waals surface area (Å²) in [4.78, 5) is 24.0. The number of hydrogen-bond acceptors (Lipinski definition) is 4. The van der Waals surface area contributed by atoms with E-state index in [4.69, 9.17) is 21.1 Å². The van der Waals surface area contributed by atoms with Crippen LogP contribution in [0.3, 0.4) is 0 Å². The molecule has 1 aromatic carbocycles. The molecule has 5 nitrogen and oxygen atoms in total. The maximum absolute atomic E-state index is 12.2. The fourth-order valence-electron chi connectivity index (χ4n) is 2.67. The van der Waals surface area contributed by atoms with Crippen molar-refractivity contribution in [2.75, 3.05) is 7.11 Å². The fourth-order valence-corrected chi connectivity index (χ4v) is 2.88. The van der Waals surface area contributed by atoms with Gasteiger partial charge in [-0.15, -0.1) is 0 Å². The molecule has 1 N–H and O–H groups in total. The highest BCUT2D eigenvalue weighted by atomic mass is 35.5. The SMILES string of the molecule is COC(=O)C(CC(C)C)NC(=O)OC1(Cc2cccc(Cl)c2)CC1. The summed E-state index contributed by atoms with van der Waals surface area (Å²) in [6.45, 7) is 3.95. The van der Waals surface area contributed by atoms with Crippen molar-refractivity contribution in [2.45, 2.75) is 51.2 Å². The molecular formula is C18H24ClNO4. The predicted octanol–water partition coefficient (Wildman–Crippen LogP) is 3.73. The first-order valence-corrected chi connectivity index (χ1v) is 8.53. The van der Waals surface area contributed by atoms with Gasteiger partial charge in [0.05, 0.1) is 7.11 Å². The van der Waals surface area contributed by atoms with Crippen LogP contribution in [0.25, 0.3) is 0 Å². The molecule has 0 saturated heterocycles. The summed E-state index contributed by atoms with van der Waals surface area (Å²) >= 11 is 6.00. The zero-order chi connectivity index (χ0) is 17.7. The third-order valence-corrected chi connectivity index (χ3v) is 4.25. The molecule has 0 bridgehead atoms. The highest BCUT2D eigenvalue weighted by molar-refractivity contribution is 6.30. The van der Waals surface area contributed by atoms with Crippen LogP contribution in [0.5, 0.6) is 0 Å². The van der Waals surface area contributed by atoms with Crippen molar-refractivity contribution >= 4 is 23.7 Å². The van der Waals surface area contributed by atoms with E-state index in [0.29, 0.717) is 17.9 Å². The first-order chi connectivity index (χ1) is 11.3. The number of nitrogens with one attached hydrogen (secondary N) is 1. The lowest BCUT2D eigenvalue weighted by Gasteiger charge is -2.21. The van der Waals surface area contributed by atoms with Gasteiger partial charge in [0.1, 0.15) is 11.6 Å². The van der Waals surface area contributed by atoms with E-state index in [2.05, 4.69) is 5.32 Å². The number of methoxy groups -OCH3 is 1. The van der Waals surface area contributed by atoms with Crippen molar-refractivity contribution in [2.24, 2.45) is 5.92 Å². The third-order valence-electron chi connectivity index (χ3n) is 4.02. The molecule has 24 heavy (non-hydrogen) atoms. The van der Waals surface area contributed by atoms with E-state index in [1.165, 1.54) is 7.11 Å². The van der Waals surface area contributed by atoms with Gasteiger partial charge in [0.2, 0.25) is 0 Å². The first kappa shape index (κ1) is 18.6. The number of hydrogen-bond donors (Lipinski definition) is 1. The first-order valence-electron chi connectivity index (χ1n) is 8.15. The van der Waals surface area contributed by atoms with Crippen LogP contribution >= 0.6 is 11.6 Å². The van der Waals surface area contributed by atoms with Crippen LogP contribution in [0, 0.1) is 5.92 Å². The van der Waals surface area contributed by atoms with Gasteiger partial charge in [-0.25, -0.2) is 9.59 Å². The van der Waals surface area contributed by atoms with Gasteiger partial charge in [0.15, 0.2) is 0 Å². The van der Waals surface area contributed by atoms with Crippen molar-refractivity contribution in [3.8, 4) is 0 Å². The number of alkyl carbamates (subject to hydrolysis) is 1. The van der Waals surface area contributed by atoms with Crippen molar-refractivity contribution in [1.82, 2.24) is 5.32 Å². The van der Waals surface area contributed by atoms with E-state index in [0.717, 1.165) is 18.4 Å². The summed E-state index contributed by atoms with van der Waals surface area (Å²) in [6.07, 6.45) is 2.16. The van der Waals surface area contributed by atoms with E-state index >= 15 is 0 Å². The van der Waals surface area contributed by atoms with Gasteiger partial charge in [-0.3, -0.25) is 0 Å². The van der Waals surface area contributed by atoms with Gasteiger partial charge in [-0.1, -0.05) is 37.6 Å². The van der Waals surface area contributed by atoms with E-state index in [9.17, 15) is 9.59 Å². The lowest BCUT2D eigenvalue weighted by atomic mass is 10.0. The Hall–Kier alpha value is -1.75. The van der Waals surface area contributed by atoms with Gasteiger partial charge in [-0.05, 0) is 42.9 Å². The summed E-state index contributed by atoms with van der Waals surface area (Å²) < 4.78 is 10.3. The van der Waals surface area contributed by atoms with Crippen LogP contribution in [-0.2, 0) is 20.7 Å². The molecular weight excluding hydrogens is 330 g/mol. The average molecular weight is 354 g/mol. The molecule has 1 aromatic rings. The average Bonchev–Trinajstić information content (AvgIpc) is 3.24. The highest BCUT2D eigenvalue weighted by Gasteiger charge is 2.47. The second-order valence-electron chi connectivity index (χ2n) is 6.73. The van der Waals surface area contributed by atoms with Gasteiger partial charge >= 0.3 is 12.1 Å². The molecule has 1 fully saturated rings. The van der Waals surface area contributed by atoms with Crippen molar-refractivity contribution in [3.63, 3.8) is 0 Å². The van der Waals surface area contributed by atoms with E-state index in [-0.39, 0.29) is 5.92 Å². The van der Waals surface area contributed by atoms with E-state index < -0.39 is 23.7 Å². The van der Waals surface area contributed by atoms with Crippen molar-refractivity contribution in [3.05, 3.63) is 34.9 Å². The van der Waals surface area contributed by atoms with Crippen LogP contribution in [0.4, 0.5) is 4.79 Å². The molecule has 1 unspecified atom stereocenters. The minimum Gasteiger partial charge on any atom is -0.467 e. The Morgan fingerprint density at radius 2 is 2.04 bits per heavy atom. The van der Waals surface area contributed by atoms with Gasteiger partial charge in [0, 0.05) is 11.4 Å². The number of carbonyl (C=O) groups is 2. The summed E-state index contributed by atoms with van der Waals surface area (Å²) in [5.41, 5.74) is 0.535. The minimum absolute atomic E-state index is 0.246. The number of halogens is 1. The number of esters is 1. The smallest absolute Gasteiger partial charge is 0.408 e. The van der Waals surface area contributed by atoms with Gasteiger partial charge in [-0.2, -0.15) is 0 Å². The molecule has 0 spiro atoms. The molecule has 6 heteroatoms. The van der Waals surface area contributed by atoms with Gasteiger partial charge < -0.3 is 14.8 Å². The highest BCUT2D eigenvalue weighted by Crippen LogP contribution is 2.42. The van der Waals surface area contributed by atoms with Crippen LogP contribution in [0.1, 0.15) is 38.7 Å². The van der Waals surface area contributed by atoms with Crippen LogP contribution in [-0.4, -0.2) is 30.8 Å². The molecule has 1 amide bonds. The summed E-state index contributed by atoms with van der Waals surface area (Å²) in [7, 11) is 1.31. The zero-order valence-corrected chi connectivity index (χ0v) is 15.1. The standard InChI is InChI=1S/C18H24ClNO4/c1-12(2)9-15(16(21)23-3)20-17(22)24-18(7-8-18)11-13-5-4-6-14(19)10-13/h4-6,10,12,15H,7-9,11H2,1-3H3,(H,20,22). The Morgan fingerprint density at radius 3 is 2.58 bits per heavy atom. The lowest BCUT2D eigenvalue weighted by molar-refractivity contribution is -0.143. The Bertz CT molecular complexity index is 598. The summed E-state index contributed by atoms with van der Waals surface area (Å²) in [6, 6.07) is 6.83. The molecule has 1 aliphatic rings. The maximum Gasteiger partial charge on any atom is 0.408 e. The number of carbonyl (C=O) groups excluding carboxylic acids is 2. The molecule has 0 heterocycles. The largest absolute Gasteiger partial charge is 0.467 e. The number of benzene rings is 1. The van der Waals surface area contributed by atoms with Crippen molar-refractivity contribution < 1.29 is 19.1 Å². The molecule has 0 aliphatic heterocycles. The monoisotopic (exact) mass is 353 g/mol. The Kier molecular flexibility index (Phi) is 6.10. The molecule has 132 valence electrons. The Balaban J connectivity index is 1.94. The topological polar surface area (TPSA) is 64.6 Å². The third kappa shape index (κ3) is 5.41. The molecule has 0 radical (unpaired) electrons. The molecule has 1 aliphatic carbocycles.